The number of aliphatic hydroxyl groups is 1. The fraction of sp³-hybridized carbons (Fsp3) is 0.0741. The highest BCUT2D eigenvalue weighted by Crippen LogP contribution is 2.44. The number of aliphatic hydroxyl groups excluding tert-OH is 1. The molecule has 2 N–H and O–H groups in total. The maximum atomic E-state index is 13.9. The van der Waals surface area contributed by atoms with Gasteiger partial charge in [0.05, 0.1) is 32.2 Å². The van der Waals surface area contributed by atoms with Crippen molar-refractivity contribution >= 4 is 51.9 Å². The summed E-state index contributed by atoms with van der Waals surface area (Å²) in [4.78, 5) is 33.4. The number of anilines is 1. The summed E-state index contributed by atoms with van der Waals surface area (Å²) < 4.78 is 0. The molecule has 0 fully saturated rings. The number of phenols is 1. The van der Waals surface area contributed by atoms with E-state index in [0.29, 0.717) is 31.9 Å². The van der Waals surface area contributed by atoms with E-state index in [0.717, 1.165) is 5.56 Å². The summed E-state index contributed by atoms with van der Waals surface area (Å²) in [5.74, 6) is -1.88. The first-order valence-electron chi connectivity index (χ1n) is 10.8. The summed E-state index contributed by atoms with van der Waals surface area (Å²) >= 11 is 13.5. The molecular formula is C27H18Cl2N2O4S. The van der Waals surface area contributed by atoms with Crippen LogP contribution in [0.2, 0.25) is 10.0 Å². The van der Waals surface area contributed by atoms with E-state index in [1.165, 1.54) is 40.5 Å². The number of aromatic hydroxyl groups is 1. The number of hydrogen-bond acceptors (Lipinski definition) is 6. The number of aromatic nitrogens is 1. The number of amides is 1. The quantitative estimate of drug-likeness (QED) is 0.270. The van der Waals surface area contributed by atoms with Crippen molar-refractivity contribution in [1.29, 1.82) is 0 Å². The average Bonchev–Trinajstić information content (AvgIpc) is 3.39. The van der Waals surface area contributed by atoms with Gasteiger partial charge in [-0.15, -0.1) is 11.3 Å². The van der Waals surface area contributed by atoms with Crippen molar-refractivity contribution in [2.24, 2.45) is 0 Å². The molecule has 1 amide bonds. The van der Waals surface area contributed by atoms with Crippen LogP contribution in [0.3, 0.4) is 0 Å². The van der Waals surface area contributed by atoms with E-state index in [1.807, 2.05) is 30.3 Å². The summed E-state index contributed by atoms with van der Waals surface area (Å²) in [5.41, 5.74) is 2.15. The second-order valence-electron chi connectivity index (χ2n) is 8.16. The first-order chi connectivity index (χ1) is 17.3. The molecule has 5 rings (SSSR count). The van der Waals surface area contributed by atoms with Gasteiger partial charge in [0.1, 0.15) is 10.8 Å². The molecular weight excluding hydrogens is 519 g/mol. The first kappa shape index (κ1) is 24.1. The van der Waals surface area contributed by atoms with Crippen molar-refractivity contribution < 1.29 is 19.8 Å². The number of thiazole rings is 1. The van der Waals surface area contributed by atoms with Gasteiger partial charge in [-0.2, -0.15) is 0 Å². The van der Waals surface area contributed by atoms with Gasteiger partial charge in [0.25, 0.3) is 5.91 Å². The molecule has 0 spiro atoms. The number of benzene rings is 3. The number of halogens is 2. The fourth-order valence-electron chi connectivity index (χ4n) is 4.14. The van der Waals surface area contributed by atoms with E-state index in [2.05, 4.69) is 4.98 Å². The molecule has 1 aromatic heterocycles. The zero-order valence-corrected chi connectivity index (χ0v) is 21.1. The lowest BCUT2D eigenvalue weighted by molar-refractivity contribution is -0.117. The van der Waals surface area contributed by atoms with Crippen LogP contribution in [-0.2, 0) is 4.79 Å². The lowest BCUT2D eigenvalue weighted by Gasteiger charge is -2.27. The second-order valence-corrected chi connectivity index (χ2v) is 9.97. The molecule has 4 aromatic rings. The summed E-state index contributed by atoms with van der Waals surface area (Å²) in [5, 5.41) is 22.0. The summed E-state index contributed by atoms with van der Waals surface area (Å²) in [6.45, 7) is 1.72. The Hall–Kier alpha value is -3.65. The van der Waals surface area contributed by atoms with Gasteiger partial charge in [-0.3, -0.25) is 14.5 Å². The zero-order chi connectivity index (χ0) is 25.6. The largest absolute Gasteiger partial charge is 0.508 e. The highest BCUT2D eigenvalue weighted by atomic mass is 35.5. The predicted octanol–water partition coefficient (Wildman–Crippen LogP) is 6.91. The van der Waals surface area contributed by atoms with E-state index in [9.17, 15) is 19.8 Å². The third-order valence-electron chi connectivity index (χ3n) is 5.87. The summed E-state index contributed by atoms with van der Waals surface area (Å²) in [6, 6.07) is 19.2. The first-order valence-corrected chi connectivity index (χ1v) is 12.4. The second kappa shape index (κ2) is 9.43. The number of hydrogen-bond donors (Lipinski definition) is 2. The van der Waals surface area contributed by atoms with Crippen molar-refractivity contribution in [3.63, 3.8) is 0 Å². The van der Waals surface area contributed by atoms with Crippen LogP contribution in [0, 0.1) is 6.92 Å². The number of carbonyl (C=O) groups excluding carboxylic acids is 2. The number of Topliss-reactive ketones (excluding diaryl/α,β-unsaturated/α-hetero) is 1. The molecule has 1 atom stereocenters. The molecule has 0 aliphatic carbocycles. The highest BCUT2D eigenvalue weighted by molar-refractivity contribution is 7.17. The Morgan fingerprint density at radius 3 is 2.33 bits per heavy atom. The van der Waals surface area contributed by atoms with E-state index in [1.54, 1.807) is 25.1 Å². The van der Waals surface area contributed by atoms with E-state index in [4.69, 9.17) is 23.2 Å². The molecule has 180 valence electrons. The average molecular weight is 537 g/mol. The van der Waals surface area contributed by atoms with E-state index >= 15 is 0 Å². The SMILES string of the molecule is Cc1nc(-c2ccccc2)sc1C(=O)C1=C(O)C(=O)N(c2ccc(Cl)c(Cl)c2)C1c1ccc(O)cc1. The molecule has 0 saturated heterocycles. The number of nitrogens with zero attached hydrogens (tertiary/aromatic N) is 2. The molecule has 1 aliphatic heterocycles. The number of aryl methyl sites for hydroxylation is 1. The molecule has 0 bridgehead atoms. The van der Waals surface area contributed by atoms with Gasteiger partial charge in [-0.25, -0.2) is 4.98 Å². The van der Waals surface area contributed by atoms with Crippen LogP contribution in [0.4, 0.5) is 5.69 Å². The van der Waals surface area contributed by atoms with Crippen LogP contribution in [-0.4, -0.2) is 26.9 Å². The Morgan fingerprint density at radius 1 is 0.972 bits per heavy atom. The van der Waals surface area contributed by atoms with Crippen LogP contribution < -0.4 is 4.90 Å². The minimum atomic E-state index is -0.968. The van der Waals surface area contributed by atoms with Gasteiger partial charge in [0, 0.05) is 11.3 Å². The smallest absolute Gasteiger partial charge is 0.294 e. The Labute approximate surface area is 220 Å². The van der Waals surface area contributed by atoms with Crippen molar-refractivity contribution in [3.05, 3.63) is 110 Å². The summed E-state index contributed by atoms with van der Waals surface area (Å²) in [7, 11) is 0. The number of carbonyl (C=O) groups is 2. The molecule has 6 nitrogen and oxygen atoms in total. The molecule has 9 heteroatoms. The van der Waals surface area contributed by atoms with Crippen LogP contribution in [0.15, 0.2) is 84.1 Å². The van der Waals surface area contributed by atoms with Gasteiger partial charge in [0.2, 0.25) is 5.78 Å². The van der Waals surface area contributed by atoms with Crippen LogP contribution >= 0.6 is 34.5 Å². The molecule has 36 heavy (non-hydrogen) atoms. The van der Waals surface area contributed by atoms with Gasteiger partial charge in [-0.1, -0.05) is 65.7 Å². The number of rotatable bonds is 5. The highest BCUT2D eigenvalue weighted by Gasteiger charge is 2.45. The van der Waals surface area contributed by atoms with Gasteiger partial charge in [0.15, 0.2) is 5.76 Å². The van der Waals surface area contributed by atoms with Gasteiger partial charge < -0.3 is 10.2 Å². The molecule has 3 aromatic carbocycles. The Bertz CT molecular complexity index is 1530. The maximum Gasteiger partial charge on any atom is 0.294 e. The monoisotopic (exact) mass is 536 g/mol. The Kier molecular flexibility index (Phi) is 6.30. The molecule has 1 unspecified atom stereocenters. The maximum absolute atomic E-state index is 13.9. The molecule has 1 aliphatic rings. The van der Waals surface area contributed by atoms with Crippen LogP contribution in [0.1, 0.15) is 27.0 Å². The lowest BCUT2D eigenvalue weighted by atomic mass is 9.94. The van der Waals surface area contributed by atoms with Gasteiger partial charge in [-0.05, 0) is 42.8 Å². The molecule has 0 saturated carbocycles. The topological polar surface area (TPSA) is 90.7 Å². The van der Waals surface area contributed by atoms with Crippen LogP contribution in [0.5, 0.6) is 5.75 Å². The number of phenolic OH excluding ortho intramolecular Hbond substituents is 1. The third kappa shape index (κ3) is 4.15. The van der Waals surface area contributed by atoms with E-state index < -0.39 is 23.5 Å². The molecule has 0 radical (unpaired) electrons. The van der Waals surface area contributed by atoms with Gasteiger partial charge >= 0.3 is 0 Å². The Morgan fingerprint density at radius 2 is 1.67 bits per heavy atom. The van der Waals surface area contributed by atoms with Crippen LogP contribution in [0.25, 0.3) is 10.6 Å². The molecule has 2 heterocycles. The van der Waals surface area contributed by atoms with Crippen molar-refractivity contribution in [1.82, 2.24) is 4.98 Å². The summed E-state index contributed by atoms with van der Waals surface area (Å²) in [6.07, 6.45) is 0. The fourth-order valence-corrected chi connectivity index (χ4v) is 5.46. The minimum Gasteiger partial charge on any atom is -0.508 e. The van der Waals surface area contributed by atoms with Crippen molar-refractivity contribution in [2.45, 2.75) is 13.0 Å². The zero-order valence-electron chi connectivity index (χ0n) is 18.8. The van der Waals surface area contributed by atoms with Crippen molar-refractivity contribution in [2.75, 3.05) is 4.90 Å². The Balaban J connectivity index is 1.64. The van der Waals surface area contributed by atoms with Crippen molar-refractivity contribution in [3.8, 4) is 16.3 Å². The normalized spacial score (nSPS) is 15.6. The standard InChI is InChI=1S/C27H18Cl2N2O4S/c1-14-25(36-26(30-14)16-5-3-2-4-6-16)23(33)21-22(15-7-10-18(32)11-8-15)31(27(35)24(21)34)17-9-12-19(28)20(29)13-17/h2-13,22,32,34H,1H3. The third-order valence-corrected chi connectivity index (χ3v) is 7.81. The lowest BCUT2D eigenvalue weighted by Crippen LogP contribution is -2.31. The number of ketones is 1. The minimum absolute atomic E-state index is 0.0241. The predicted molar refractivity (Wildman–Crippen MR) is 141 cm³/mol. The van der Waals surface area contributed by atoms with E-state index in [-0.39, 0.29) is 16.3 Å².